The summed E-state index contributed by atoms with van der Waals surface area (Å²) in [5.41, 5.74) is 19.3. The third-order valence-electron chi connectivity index (χ3n) is 22.9. The molecule has 0 radical (unpaired) electrons. The minimum atomic E-state index is -0.0498. The van der Waals surface area contributed by atoms with Gasteiger partial charge in [0.05, 0.1) is 33.9 Å². The highest BCUT2D eigenvalue weighted by Gasteiger charge is 2.42. The second-order valence-electron chi connectivity index (χ2n) is 40.6. The van der Waals surface area contributed by atoms with Gasteiger partial charge in [-0.15, -0.1) is 6.42 Å². The molecule has 0 spiro atoms. The molecule has 1 fully saturated rings. The summed E-state index contributed by atoms with van der Waals surface area (Å²) in [5, 5.41) is 16.5. The molecule has 1 saturated heterocycles. The van der Waals surface area contributed by atoms with Crippen LogP contribution in [0.1, 0.15) is 269 Å². The molecule has 8 aromatic carbocycles. The molecular weight excluding hydrogens is 1500 g/mol. The van der Waals surface area contributed by atoms with Crippen LogP contribution in [0.4, 0.5) is 11.4 Å². The number of aryl methyl sites for hydroxylation is 4. The molecule has 7 heterocycles. The van der Waals surface area contributed by atoms with E-state index in [0.29, 0.717) is 46.9 Å². The quantitative estimate of drug-likeness (QED) is 0.142. The molecule has 10 nitrogen and oxygen atoms in total. The summed E-state index contributed by atoms with van der Waals surface area (Å²) in [6.07, 6.45) is 13.8. The first-order valence-corrected chi connectivity index (χ1v) is 44.4. The predicted molar refractivity (Wildman–Crippen MR) is 543 cm³/mol. The summed E-state index contributed by atoms with van der Waals surface area (Å²) in [5.74, 6) is 2.69. The van der Waals surface area contributed by atoms with E-state index in [9.17, 15) is 0 Å². The molecule has 14 aromatic rings. The zero-order chi connectivity index (χ0) is 89.8. The Morgan fingerprint density at radius 1 is 0.358 bits per heavy atom. The Labute approximate surface area is 745 Å². The zero-order valence-electron chi connectivity index (χ0n) is 80.6. The Hall–Kier alpha value is -10.2. The van der Waals surface area contributed by atoms with Crippen LogP contribution in [0.25, 0.3) is 71.1 Å². The van der Waals surface area contributed by atoms with Crippen LogP contribution >= 0.6 is 0 Å². The van der Waals surface area contributed by atoms with E-state index in [1.165, 1.54) is 103 Å². The van der Waals surface area contributed by atoms with Gasteiger partial charge in [-0.3, -0.25) is 9.80 Å². The summed E-state index contributed by atoms with van der Waals surface area (Å²) in [7, 11) is 0. The average Bonchev–Trinajstić information content (AvgIpc) is 1.56. The highest BCUT2D eigenvalue weighted by Crippen LogP contribution is 2.43. The number of anilines is 2. The monoisotopic (exact) mass is 1660 g/mol. The van der Waals surface area contributed by atoms with Crippen LogP contribution in [0.3, 0.4) is 0 Å². The van der Waals surface area contributed by atoms with Crippen molar-refractivity contribution in [3.8, 4) is 24.1 Å². The van der Waals surface area contributed by atoms with E-state index < -0.39 is 0 Å². The van der Waals surface area contributed by atoms with Crippen molar-refractivity contribution in [3.63, 3.8) is 0 Å². The van der Waals surface area contributed by atoms with Gasteiger partial charge in [0.2, 0.25) is 0 Å². The number of nitrogens with zero attached hydrogens (tertiary/aromatic N) is 10. The van der Waals surface area contributed by atoms with Gasteiger partial charge in [-0.1, -0.05) is 124 Å². The minimum absolute atomic E-state index is 0. The lowest BCUT2D eigenvalue weighted by Crippen LogP contribution is -2.61. The van der Waals surface area contributed by atoms with Crippen LogP contribution in [-0.2, 0) is 27.7 Å². The molecule has 660 valence electrons. The van der Waals surface area contributed by atoms with E-state index in [0.717, 1.165) is 27.4 Å². The second-order valence-corrected chi connectivity index (χ2v) is 40.6. The number of aromatic nitrogens is 6. The lowest BCUT2D eigenvalue weighted by Gasteiger charge is -2.55. The minimum Gasteiger partial charge on any atom is -0.349 e. The third-order valence-corrected chi connectivity index (χ3v) is 22.9. The van der Waals surface area contributed by atoms with Gasteiger partial charge in [-0.05, 0) is 369 Å². The number of fused-ring (bicyclic) bond motifs is 9. The number of nitriles is 1. The largest absolute Gasteiger partial charge is 0.349 e. The lowest BCUT2D eigenvalue weighted by molar-refractivity contribution is -0.0508. The van der Waals surface area contributed by atoms with E-state index in [2.05, 4.69) is 465 Å². The molecule has 123 heavy (non-hydrogen) atoms. The molecule has 0 aliphatic carbocycles. The van der Waals surface area contributed by atoms with Crippen molar-refractivity contribution in [2.24, 2.45) is 0 Å². The normalized spacial score (nSPS) is 13.4. The molecular formula is C113H158N10. The van der Waals surface area contributed by atoms with E-state index in [1.54, 1.807) is 0 Å². The van der Waals surface area contributed by atoms with E-state index in [4.69, 9.17) is 11.7 Å². The van der Waals surface area contributed by atoms with Crippen LogP contribution in [-0.4, -0.2) is 78.5 Å². The van der Waals surface area contributed by atoms with Gasteiger partial charge in [0.25, 0.3) is 0 Å². The number of piperidine rings is 1. The van der Waals surface area contributed by atoms with Crippen LogP contribution in [0.15, 0.2) is 237 Å². The fourth-order valence-corrected chi connectivity index (χ4v) is 19.3. The number of hydrogen-bond acceptors (Lipinski definition) is 4. The molecule has 6 aromatic heterocycles. The maximum atomic E-state index is 9.15. The smallest absolute Gasteiger partial charge is 0.0991 e. The van der Waals surface area contributed by atoms with Crippen molar-refractivity contribution in [1.82, 2.24) is 37.2 Å². The van der Waals surface area contributed by atoms with Gasteiger partial charge in [-0.2, -0.15) is 5.26 Å². The fourth-order valence-electron chi connectivity index (χ4n) is 19.3. The molecule has 0 unspecified atom stereocenters. The van der Waals surface area contributed by atoms with Crippen molar-refractivity contribution in [2.45, 2.75) is 332 Å². The molecule has 15 rings (SSSR count). The number of benzene rings is 8. The Balaban J connectivity index is 0.000000226. The third kappa shape index (κ3) is 24.6. The molecule has 1 aliphatic rings. The molecule has 0 amide bonds. The number of terminal acetylenes is 1. The lowest BCUT2D eigenvalue weighted by atomic mass is 9.79. The van der Waals surface area contributed by atoms with Crippen LogP contribution in [0.2, 0.25) is 0 Å². The van der Waals surface area contributed by atoms with Gasteiger partial charge < -0.3 is 32.3 Å². The van der Waals surface area contributed by atoms with Gasteiger partial charge in [0.1, 0.15) is 0 Å². The van der Waals surface area contributed by atoms with E-state index >= 15 is 0 Å². The standard InChI is InChI=1S/C28H24N2.C19H16N2.C15H17N.C12H25N.2C10H17N.C9H21N.C8H13N.2CH4/c1-28(2,3)30-25-17-9-6-13-21(25)22-14-10-18-26(27(22)30)29-23-15-7-4-11-19(23)20-12-5-8-16-24(20)29;1-5-13-6-8-17-15(10-13)16-11-14(12-20)7-9-18(16)21(17)19(2,3)4;1-13(2)16(14-9-5-3-6-10-14)15-11-7-4-8-12-15;1-10(2)13-11(3,4)8-7-9-12(13,5)6;2*1-8-6-7-9(2)11(8)10(3,4)5;1-7(2)10(8(3)4)9(5)6;1-8(2,3)9-6-4-5-7-9;;/h4-18H,1-3H3;1,6-11H,2-4H3;3-13H,1-2H3;10H,7-9H2,1-6H3;2*6-7H,1-5H3;7-9H,1-6H3;4-7H,1-3H3;2*1H4. The van der Waals surface area contributed by atoms with Gasteiger partial charge in [0.15, 0.2) is 0 Å². The van der Waals surface area contributed by atoms with Gasteiger partial charge in [-0.25, -0.2) is 0 Å². The zero-order valence-corrected chi connectivity index (χ0v) is 80.6. The van der Waals surface area contributed by atoms with Crippen LogP contribution < -0.4 is 4.90 Å². The van der Waals surface area contributed by atoms with Crippen molar-refractivity contribution in [3.05, 3.63) is 271 Å². The highest BCUT2D eigenvalue weighted by atomic mass is 15.3. The Bertz CT molecular complexity index is 5430. The first kappa shape index (κ1) is 102. The summed E-state index contributed by atoms with van der Waals surface area (Å²) < 4.78 is 14.1. The predicted octanol–water partition coefficient (Wildman–Crippen LogP) is 31.5. The fraction of sp³-hybridized carbons (Fsp3) is 0.442. The second kappa shape index (κ2) is 42.0. The molecule has 1 aliphatic heterocycles. The molecule has 0 atom stereocenters. The van der Waals surface area contributed by atoms with Crippen LogP contribution in [0.5, 0.6) is 0 Å². The summed E-state index contributed by atoms with van der Waals surface area (Å²) in [6.45, 7) is 74.0. The maximum Gasteiger partial charge on any atom is 0.0991 e. The molecule has 0 saturated carbocycles. The van der Waals surface area contributed by atoms with Crippen molar-refractivity contribution >= 4 is 76.8 Å². The summed E-state index contributed by atoms with van der Waals surface area (Å²) in [4.78, 5) is 7.52. The molecule has 10 heteroatoms. The Morgan fingerprint density at radius 2 is 0.699 bits per heavy atom. The van der Waals surface area contributed by atoms with E-state index in [1.807, 2.05) is 54.6 Å². The maximum absolute atomic E-state index is 9.15. The first-order valence-electron chi connectivity index (χ1n) is 44.4. The average molecular weight is 1660 g/mol. The Morgan fingerprint density at radius 3 is 1.02 bits per heavy atom. The van der Waals surface area contributed by atoms with Gasteiger partial charge in [0, 0.05) is 170 Å². The first-order chi connectivity index (χ1) is 56.5. The molecule has 0 bridgehead atoms. The topological polar surface area (TPSA) is 63.1 Å². The number of hydrogen-bond donors (Lipinski definition) is 0. The van der Waals surface area contributed by atoms with Crippen LogP contribution in [0, 0.1) is 51.4 Å². The SMILES string of the molecule is C.C.C#Cc1ccc2c(c1)c1cc(C#N)ccc1n2C(C)(C)C.CC(C)(C)n1c2ccccc2c2cccc(-n3c4ccccc4c4ccccc43)c21.CC(C)(C)n1cccc1.CC(C)N(C(C)C)C(C)C.CC(C)N(c1ccccc1)c1ccccc1.CC(C)N1C(C)(C)CCCC1(C)C.Cc1ccc(C)n1C(C)(C)C.Cc1ccc(C)n1C(C)(C)C. The highest BCUT2D eigenvalue weighted by molar-refractivity contribution is 6.14. The van der Waals surface area contributed by atoms with Crippen molar-refractivity contribution in [2.75, 3.05) is 4.90 Å². The summed E-state index contributed by atoms with van der Waals surface area (Å²) in [6, 6.07) is 83.9. The molecule has 0 N–H and O–H groups in total. The summed E-state index contributed by atoms with van der Waals surface area (Å²) >= 11 is 0. The Kier molecular flexibility index (Phi) is 34.7. The van der Waals surface area contributed by atoms with E-state index in [-0.39, 0.29) is 42.5 Å². The number of likely N-dealkylation sites (tertiary alicyclic amines) is 1. The number of para-hydroxylation sites is 6. The van der Waals surface area contributed by atoms with Crippen molar-refractivity contribution in [1.29, 1.82) is 5.26 Å². The van der Waals surface area contributed by atoms with Gasteiger partial charge >= 0.3 is 0 Å². The number of rotatable bonds is 8. The van der Waals surface area contributed by atoms with Crippen molar-refractivity contribution < 1.29 is 0 Å².